The molecule has 9 nitrogen and oxygen atoms in total. The van der Waals surface area contributed by atoms with Gasteiger partial charge in [0.15, 0.2) is 49.9 Å². The van der Waals surface area contributed by atoms with Crippen molar-refractivity contribution in [1.82, 2.24) is 0 Å². The van der Waals surface area contributed by atoms with Crippen LogP contribution in [0.15, 0.2) is 34.9 Å². The summed E-state index contributed by atoms with van der Waals surface area (Å²) in [5, 5.41) is 31.7. The minimum atomic E-state index is -1.88. The van der Waals surface area contributed by atoms with E-state index in [0.717, 1.165) is 58.5 Å². The predicted molar refractivity (Wildman–Crippen MR) is 506 cm³/mol. The fourth-order valence-corrected chi connectivity index (χ4v) is 30.9. The largest absolute Gasteiger partial charge is 0.417 e. The molecule has 0 aromatic heterocycles. The van der Waals surface area contributed by atoms with Crippen LogP contribution in [0.4, 0.5) is 0 Å². The Morgan fingerprint density at radius 1 is 0.316 bits per heavy atom. The number of hydrogen-bond acceptors (Lipinski definition) is 9. The number of rotatable bonds is 21. The Hall–Kier alpha value is 0.161. The summed E-state index contributed by atoms with van der Waals surface area (Å²) < 4.78 is 43.1. The van der Waals surface area contributed by atoms with Gasteiger partial charge in [-0.3, -0.25) is 0 Å². The quantitative estimate of drug-likeness (QED) is 0.0763. The standard InChI is InChI=1S/2C39H78O3Si3.C21H36O3/c2*1-19-29-20-21-33-32(28-41-44(15,16)36(5,6)7)34(23-25-38(29,33)11)39(12)24-22-31(42-45(17,18)37(8,9)10)26-30(39)27-40-43(13,14)35(2,3)4;1-4-14-5-6-18-17(13-23)19(8-10-20(14,18)2)21(3)9-7-16(24)11-15(21)12-22/h2*19,30-34H,20-28H2,1-18H3;4,15-19,22-24H,5-13H2,1-3H3/b29-19+;29-19-;14-4+/t2*30-,31+,32+,33?,34?,38-,39+;15-,16+,17+,18?,19?,20-,21+/m111/s1. The van der Waals surface area contributed by atoms with Gasteiger partial charge in [0.25, 0.3) is 0 Å². The Bertz CT molecular complexity index is 3050. The Morgan fingerprint density at radius 2 is 0.579 bits per heavy atom. The van der Waals surface area contributed by atoms with Crippen molar-refractivity contribution in [3.8, 4) is 0 Å². The second-order valence-corrected chi connectivity index (χ2v) is 79.5. The van der Waals surface area contributed by atoms with E-state index in [2.05, 4.69) is 284 Å². The molecule has 21 atom stereocenters. The van der Waals surface area contributed by atoms with Crippen LogP contribution in [0.5, 0.6) is 0 Å². The maximum Gasteiger partial charge on any atom is 0.192 e. The van der Waals surface area contributed by atoms with Gasteiger partial charge in [-0.25, -0.2) is 0 Å². The maximum atomic E-state index is 10.3. The van der Waals surface area contributed by atoms with Gasteiger partial charge in [-0.05, 0) is 368 Å². The third-order valence-corrected chi connectivity index (χ3v) is 65.7. The van der Waals surface area contributed by atoms with Crippen LogP contribution < -0.4 is 0 Å². The summed E-state index contributed by atoms with van der Waals surface area (Å²) >= 11 is 0. The highest BCUT2D eigenvalue weighted by atomic mass is 28.4. The molecule has 9 aliphatic rings. The van der Waals surface area contributed by atoms with E-state index >= 15 is 0 Å². The van der Waals surface area contributed by atoms with Gasteiger partial charge in [0, 0.05) is 51.8 Å². The summed E-state index contributed by atoms with van der Waals surface area (Å²) in [5.74, 6) is 6.52. The van der Waals surface area contributed by atoms with E-state index in [0.29, 0.717) is 94.6 Å². The molecule has 0 aromatic rings. The Labute approximate surface area is 713 Å². The third-order valence-electron chi connectivity index (χ3n) is 38.7. The molecule has 0 bridgehead atoms. The lowest BCUT2D eigenvalue weighted by Gasteiger charge is -2.58. The van der Waals surface area contributed by atoms with Gasteiger partial charge >= 0.3 is 0 Å². The number of allylic oxidation sites excluding steroid dienone is 6. The highest BCUT2D eigenvalue weighted by Gasteiger charge is 2.63. The topological polar surface area (TPSA) is 116 Å². The second-order valence-electron chi connectivity index (χ2n) is 50.8. The first-order valence-electron chi connectivity index (χ1n) is 47.4. The van der Waals surface area contributed by atoms with Crippen molar-refractivity contribution in [1.29, 1.82) is 0 Å². The molecule has 114 heavy (non-hydrogen) atoms. The zero-order valence-corrected chi connectivity index (χ0v) is 88.8. The van der Waals surface area contributed by atoms with E-state index in [-0.39, 0.29) is 77.1 Å². The van der Waals surface area contributed by atoms with Crippen LogP contribution in [0, 0.1) is 104 Å². The average Bonchev–Trinajstić information content (AvgIpc) is 1.48. The molecular weight excluding hydrogens is 1500 g/mol. The molecule has 0 saturated heterocycles. The van der Waals surface area contributed by atoms with Crippen LogP contribution in [0.1, 0.15) is 322 Å². The van der Waals surface area contributed by atoms with Crippen LogP contribution in [0.25, 0.3) is 0 Å². The second kappa shape index (κ2) is 36.3. The van der Waals surface area contributed by atoms with E-state index in [1.165, 1.54) is 96.3 Å². The molecule has 9 fully saturated rings. The SMILES string of the molecule is C/C=C1/CCC2[C@H](CO[Si](C)(C)C(C)(C)C)C([C@@]3(C)CC[C@H](O[Si](C)(C)C(C)(C)C)C[C@@H]3CO[Si](C)(C)C(C)(C)C)CC[C@]12C.C/C=C1\CCC2[C@H](CO)C([C@@]3(C)CC[C@H](O)C[C@@H]3CO)CC[C@]12C.C/C=C1\CCC2[C@H](CO[Si](C)(C)C(C)(C)C)C([C@@]3(C)CC[C@H](O[Si](C)(C)C(C)(C)C)C[C@@H]3CO[Si](C)(C)C(C)(C)C)CC[C@]12C. The molecule has 6 unspecified atom stereocenters. The van der Waals surface area contributed by atoms with E-state index in [1.807, 2.05) is 0 Å². The van der Waals surface area contributed by atoms with Crippen molar-refractivity contribution >= 4 is 49.9 Å². The van der Waals surface area contributed by atoms with Gasteiger partial charge in [-0.15, -0.1) is 0 Å². The summed E-state index contributed by atoms with van der Waals surface area (Å²) in [7, 11) is -11.2. The minimum absolute atomic E-state index is 0.0430. The van der Waals surface area contributed by atoms with Gasteiger partial charge in [-0.1, -0.05) is 201 Å². The zero-order chi connectivity index (χ0) is 86.8. The third kappa shape index (κ3) is 21.0. The van der Waals surface area contributed by atoms with E-state index in [1.54, 1.807) is 16.7 Å². The van der Waals surface area contributed by atoms with Gasteiger partial charge in [0.1, 0.15) is 0 Å². The van der Waals surface area contributed by atoms with Gasteiger partial charge < -0.3 is 41.9 Å². The smallest absolute Gasteiger partial charge is 0.192 e. The Kier molecular flexibility index (Phi) is 32.2. The molecular formula is C99H192O9Si6. The van der Waals surface area contributed by atoms with Crippen molar-refractivity contribution in [2.45, 2.75) is 449 Å². The summed E-state index contributed by atoms with van der Waals surface area (Å²) in [6.45, 7) is 98.5. The predicted octanol–water partition coefficient (Wildman–Crippen LogP) is 28.8. The first-order chi connectivity index (χ1) is 51.7. The molecule has 9 saturated carbocycles. The van der Waals surface area contributed by atoms with Crippen molar-refractivity contribution in [3.63, 3.8) is 0 Å². The molecule has 15 heteroatoms. The lowest BCUT2D eigenvalue weighted by Crippen LogP contribution is -2.55. The molecule has 0 radical (unpaired) electrons. The Morgan fingerprint density at radius 3 is 0.851 bits per heavy atom. The van der Waals surface area contributed by atoms with Crippen molar-refractivity contribution in [2.75, 3.05) is 39.6 Å². The first-order valence-corrected chi connectivity index (χ1v) is 64.9. The molecule has 0 heterocycles. The summed E-state index contributed by atoms with van der Waals surface area (Å²) in [6, 6.07) is 0. The lowest BCUT2D eigenvalue weighted by atomic mass is 9.49. The molecule has 3 N–H and O–H groups in total. The summed E-state index contributed by atoms with van der Waals surface area (Å²) in [6.07, 6.45) is 32.6. The Balaban J connectivity index is 0.000000248. The minimum Gasteiger partial charge on any atom is -0.417 e. The van der Waals surface area contributed by atoms with Crippen LogP contribution in [0.3, 0.4) is 0 Å². The van der Waals surface area contributed by atoms with Crippen molar-refractivity contribution in [2.24, 2.45) is 104 Å². The van der Waals surface area contributed by atoms with Crippen molar-refractivity contribution < 1.29 is 41.9 Å². The van der Waals surface area contributed by atoms with E-state index in [4.69, 9.17) is 26.6 Å². The number of hydrogen-bond donors (Lipinski definition) is 3. The van der Waals surface area contributed by atoms with Gasteiger partial charge in [0.05, 0.1) is 6.10 Å². The molecule has 0 aliphatic heterocycles. The van der Waals surface area contributed by atoms with Crippen LogP contribution in [-0.4, -0.2) is 123 Å². The number of aliphatic hydroxyl groups excluding tert-OH is 3. The van der Waals surface area contributed by atoms with Gasteiger partial charge in [0.2, 0.25) is 0 Å². The molecule has 9 rings (SSSR count). The molecule has 0 spiro atoms. The number of aliphatic hydroxyl groups is 3. The lowest BCUT2D eigenvalue weighted by molar-refractivity contribution is -0.104. The van der Waals surface area contributed by atoms with Crippen LogP contribution in [0.2, 0.25) is 109 Å². The first kappa shape index (κ1) is 101. The summed E-state index contributed by atoms with van der Waals surface area (Å²) in [4.78, 5) is 0. The maximum absolute atomic E-state index is 10.3. The van der Waals surface area contributed by atoms with Crippen LogP contribution in [-0.2, 0) is 26.6 Å². The average molecular weight is 1700 g/mol. The molecule has 0 amide bonds. The monoisotopic (exact) mass is 1690 g/mol. The van der Waals surface area contributed by atoms with E-state index in [9.17, 15) is 15.3 Å². The fourth-order valence-electron chi connectivity index (χ4n) is 23.9. The highest BCUT2D eigenvalue weighted by Crippen LogP contribution is 2.69. The fraction of sp³-hybridized carbons (Fsp3) is 0.939. The van der Waals surface area contributed by atoms with Crippen LogP contribution >= 0.6 is 0 Å². The number of fused-ring (bicyclic) bond motifs is 3. The highest BCUT2D eigenvalue weighted by molar-refractivity contribution is 6.76. The van der Waals surface area contributed by atoms with Crippen molar-refractivity contribution in [3.05, 3.63) is 34.9 Å². The van der Waals surface area contributed by atoms with E-state index < -0.39 is 49.9 Å². The molecule has 0 aromatic carbocycles. The molecule has 666 valence electrons. The molecule has 9 aliphatic carbocycles. The normalized spacial score (nSPS) is 38.5. The summed E-state index contributed by atoms with van der Waals surface area (Å²) in [5.41, 5.74) is 6.47. The zero-order valence-electron chi connectivity index (χ0n) is 82.8. The van der Waals surface area contributed by atoms with Gasteiger partial charge in [-0.2, -0.15) is 0 Å².